The predicted molar refractivity (Wildman–Crippen MR) is 240 cm³/mol. The van der Waals surface area contributed by atoms with Crippen molar-refractivity contribution in [3.8, 4) is 39.3 Å². The van der Waals surface area contributed by atoms with Gasteiger partial charge in [-0.2, -0.15) is 0 Å². The number of fused-ring (bicyclic) bond motifs is 10. The molecule has 57 heavy (non-hydrogen) atoms. The maximum atomic E-state index is 9.70. The SMILES string of the molecule is [2H]c1c([2H])c([2H])c(-n2c3c([2H])c([2H])c([2H])c([2H])c3c3c(-c4ccccc4-n4c5ccccc5c5c4ccc4c6ccccc6n(-c6ccccc6-c6ccccc6)c45)c([2H])c([2H])c([2H])c32)c([2H])c1[2H]. The lowest BCUT2D eigenvalue weighted by Gasteiger charge is -2.16. The molecule has 9 aromatic carbocycles. The molecule has 0 spiro atoms. The largest absolute Gasteiger partial charge is 0.309 e. The minimum absolute atomic E-state index is 0.00284. The van der Waals surface area contributed by atoms with Crippen molar-refractivity contribution in [2.75, 3.05) is 0 Å². The number of benzene rings is 9. The zero-order valence-electron chi connectivity index (χ0n) is 42.1. The number of hydrogen-bond acceptors (Lipinski definition) is 0. The molecule has 3 aromatic heterocycles. The third-order valence-corrected chi connectivity index (χ3v) is 11.0. The van der Waals surface area contributed by atoms with Crippen molar-refractivity contribution in [1.82, 2.24) is 13.7 Å². The van der Waals surface area contributed by atoms with E-state index in [1.54, 1.807) is 12.1 Å². The predicted octanol–water partition coefficient (Wildman–Crippen LogP) is 14.3. The van der Waals surface area contributed by atoms with Crippen LogP contribution in [0.2, 0.25) is 0 Å². The molecule has 0 amide bonds. The highest BCUT2D eigenvalue weighted by atomic mass is 15.0. The highest BCUT2D eigenvalue weighted by Gasteiger charge is 2.24. The van der Waals surface area contributed by atoms with Crippen LogP contribution in [-0.4, -0.2) is 13.7 Å². The van der Waals surface area contributed by atoms with E-state index in [0.29, 0.717) is 11.3 Å². The van der Waals surface area contributed by atoms with Crippen LogP contribution < -0.4 is 0 Å². The van der Waals surface area contributed by atoms with Crippen LogP contribution in [0.1, 0.15) is 16.4 Å². The topological polar surface area (TPSA) is 14.8 Å². The van der Waals surface area contributed by atoms with Crippen LogP contribution >= 0.6 is 0 Å². The standard InChI is InChI=1S/C54H35N3/c1-3-18-36(19-4-1)38-22-7-12-28-45(38)57-47-30-14-9-24-40(47)42-34-35-51-53(54(42)57)44-26-11-16-32-49(44)56(51)46-29-13-8-23-39(46)41-27-17-33-50-52(41)43-25-10-15-31-48(43)55(50)37-20-5-2-6-21-37/h1-35H/i2D,5D,6D,10D,15D,17D,20D,21D,25D,27D,31D,33D. The van der Waals surface area contributed by atoms with Crippen molar-refractivity contribution >= 4 is 65.4 Å². The van der Waals surface area contributed by atoms with Crippen LogP contribution in [-0.2, 0) is 0 Å². The first-order valence-electron chi connectivity index (χ1n) is 24.6. The van der Waals surface area contributed by atoms with Gasteiger partial charge in [-0.15, -0.1) is 0 Å². The van der Waals surface area contributed by atoms with Crippen molar-refractivity contribution in [1.29, 1.82) is 0 Å². The van der Waals surface area contributed by atoms with E-state index in [1.807, 2.05) is 72.8 Å². The summed E-state index contributed by atoms with van der Waals surface area (Å²) in [7, 11) is 0. The van der Waals surface area contributed by atoms with E-state index in [-0.39, 0.29) is 27.4 Å². The minimum atomic E-state index is -0.690. The normalized spacial score (nSPS) is 14.8. The fourth-order valence-corrected chi connectivity index (χ4v) is 8.78. The molecule has 0 N–H and O–H groups in total. The first-order valence-corrected chi connectivity index (χ1v) is 18.6. The maximum absolute atomic E-state index is 9.70. The Hall–Kier alpha value is -7.62. The van der Waals surface area contributed by atoms with Crippen molar-refractivity contribution in [3.05, 3.63) is 212 Å². The quantitative estimate of drug-likeness (QED) is 0.167. The van der Waals surface area contributed by atoms with Gasteiger partial charge in [-0.05, 0) is 65.6 Å². The number of aromatic nitrogens is 3. The smallest absolute Gasteiger partial charge is 0.0645 e. The number of hydrogen-bond donors (Lipinski definition) is 0. The fourth-order valence-electron chi connectivity index (χ4n) is 8.78. The average Bonchev–Trinajstić information content (AvgIpc) is 4.02. The second-order valence-electron chi connectivity index (χ2n) is 14.0. The monoisotopic (exact) mass is 737 g/mol. The van der Waals surface area contributed by atoms with Crippen LogP contribution in [0.5, 0.6) is 0 Å². The van der Waals surface area contributed by atoms with Crippen molar-refractivity contribution in [2.24, 2.45) is 0 Å². The third-order valence-electron chi connectivity index (χ3n) is 11.0. The molecule has 0 saturated heterocycles. The highest BCUT2D eigenvalue weighted by Crippen LogP contribution is 2.46. The van der Waals surface area contributed by atoms with Crippen LogP contribution in [0.3, 0.4) is 0 Å². The summed E-state index contributed by atoms with van der Waals surface area (Å²) >= 11 is 0. The van der Waals surface area contributed by atoms with E-state index in [2.05, 4.69) is 63.7 Å². The summed E-state index contributed by atoms with van der Waals surface area (Å²) in [4.78, 5) is 0. The molecule has 0 saturated carbocycles. The van der Waals surface area contributed by atoms with Gasteiger partial charge in [0.2, 0.25) is 0 Å². The van der Waals surface area contributed by atoms with Gasteiger partial charge in [0.15, 0.2) is 0 Å². The molecule has 0 unspecified atom stereocenters. The van der Waals surface area contributed by atoms with Crippen LogP contribution in [0, 0.1) is 0 Å². The van der Waals surface area contributed by atoms with Gasteiger partial charge in [0.05, 0.1) is 60.9 Å². The van der Waals surface area contributed by atoms with Crippen molar-refractivity contribution in [3.63, 3.8) is 0 Å². The molecular formula is C54H35N3. The Kier molecular flexibility index (Phi) is 4.82. The van der Waals surface area contributed by atoms with E-state index in [0.717, 1.165) is 65.0 Å². The van der Waals surface area contributed by atoms with E-state index >= 15 is 0 Å². The lowest BCUT2D eigenvalue weighted by molar-refractivity contribution is 1.17. The molecule has 0 radical (unpaired) electrons. The molecule has 266 valence electrons. The molecule has 0 aliphatic heterocycles. The first kappa shape index (κ1) is 22.1. The Balaban J connectivity index is 1.25. The molecule has 0 aliphatic rings. The lowest BCUT2D eigenvalue weighted by atomic mass is 9.97. The molecule has 3 heteroatoms. The van der Waals surface area contributed by atoms with Crippen LogP contribution in [0.15, 0.2) is 212 Å². The van der Waals surface area contributed by atoms with Crippen molar-refractivity contribution < 1.29 is 16.4 Å². The van der Waals surface area contributed by atoms with Gasteiger partial charge in [-0.1, -0.05) is 158 Å². The van der Waals surface area contributed by atoms with E-state index in [9.17, 15) is 6.85 Å². The summed E-state index contributed by atoms with van der Waals surface area (Å²) < 4.78 is 114. The van der Waals surface area contributed by atoms with Gasteiger partial charge in [-0.3, -0.25) is 0 Å². The zero-order chi connectivity index (χ0) is 47.9. The van der Waals surface area contributed by atoms with Gasteiger partial charge >= 0.3 is 0 Å². The Morgan fingerprint density at radius 1 is 0.316 bits per heavy atom. The average molecular weight is 738 g/mol. The Bertz CT molecular complexity index is 4200. The Morgan fingerprint density at radius 2 is 0.947 bits per heavy atom. The van der Waals surface area contributed by atoms with Gasteiger partial charge in [0.1, 0.15) is 0 Å². The van der Waals surface area contributed by atoms with Crippen LogP contribution in [0.4, 0.5) is 0 Å². The van der Waals surface area contributed by atoms with Gasteiger partial charge < -0.3 is 13.7 Å². The molecule has 3 heterocycles. The summed E-state index contributed by atoms with van der Waals surface area (Å²) in [5, 5.41) is 3.85. The summed E-state index contributed by atoms with van der Waals surface area (Å²) in [6, 6.07) is 39.2. The molecule has 0 bridgehead atoms. The van der Waals surface area contributed by atoms with E-state index < -0.39 is 78.2 Å². The first-order chi connectivity index (χ1) is 33.3. The maximum Gasteiger partial charge on any atom is 0.0645 e. The second kappa shape index (κ2) is 12.5. The van der Waals surface area contributed by atoms with E-state index in [1.165, 1.54) is 0 Å². The summed E-state index contributed by atoms with van der Waals surface area (Å²) in [5.74, 6) is 0. The second-order valence-corrected chi connectivity index (χ2v) is 14.0. The van der Waals surface area contributed by atoms with Crippen molar-refractivity contribution in [2.45, 2.75) is 0 Å². The fraction of sp³-hybridized carbons (Fsp3) is 0. The Labute approximate surface area is 346 Å². The molecule has 12 rings (SSSR count). The summed E-state index contributed by atoms with van der Waals surface area (Å²) in [6.45, 7) is 0. The van der Waals surface area contributed by atoms with E-state index in [4.69, 9.17) is 9.60 Å². The zero-order valence-corrected chi connectivity index (χ0v) is 30.1. The molecule has 0 atom stereocenters. The molecule has 0 fully saturated rings. The molecule has 0 aliphatic carbocycles. The summed E-state index contributed by atoms with van der Waals surface area (Å²) in [6.07, 6.45) is 0. The molecule has 3 nitrogen and oxygen atoms in total. The minimum Gasteiger partial charge on any atom is -0.309 e. The summed E-state index contributed by atoms with van der Waals surface area (Å²) in [5.41, 5.74) is 6.82. The molecule has 12 aromatic rings. The Morgan fingerprint density at radius 3 is 1.77 bits per heavy atom. The lowest BCUT2D eigenvalue weighted by Crippen LogP contribution is -1.99. The van der Waals surface area contributed by atoms with Gasteiger partial charge in [-0.25, -0.2) is 0 Å². The number of para-hydroxylation sites is 6. The van der Waals surface area contributed by atoms with Crippen LogP contribution in [0.25, 0.3) is 105 Å². The molecular weight excluding hydrogens is 691 g/mol. The third kappa shape index (κ3) is 4.60. The highest BCUT2D eigenvalue weighted by molar-refractivity contribution is 6.26. The van der Waals surface area contributed by atoms with Gasteiger partial charge in [0.25, 0.3) is 0 Å². The van der Waals surface area contributed by atoms with Gasteiger partial charge in [0, 0.05) is 49.1 Å². The number of nitrogens with zero attached hydrogens (tertiary/aromatic N) is 3. The number of rotatable bonds is 5.